The lowest BCUT2D eigenvalue weighted by molar-refractivity contribution is -0.385. The molecule has 1 unspecified atom stereocenters. The van der Waals surface area contributed by atoms with E-state index in [1.54, 1.807) is 37.3 Å². The van der Waals surface area contributed by atoms with Gasteiger partial charge < -0.3 is 4.74 Å². The second-order valence-corrected chi connectivity index (χ2v) is 4.15. The van der Waals surface area contributed by atoms with E-state index in [0.29, 0.717) is 10.9 Å². The van der Waals surface area contributed by atoms with Crippen molar-refractivity contribution in [3.63, 3.8) is 0 Å². The highest BCUT2D eigenvalue weighted by Crippen LogP contribution is 2.33. The molecule has 1 heterocycles. The van der Waals surface area contributed by atoms with Gasteiger partial charge in [-0.15, -0.1) is 0 Å². The fourth-order valence-corrected chi connectivity index (χ4v) is 2.06. The van der Waals surface area contributed by atoms with Crippen molar-refractivity contribution in [1.29, 1.82) is 5.26 Å². The maximum absolute atomic E-state index is 11.9. The number of carbonyl (C=O) groups is 1. The average molecular weight is 285 g/mol. The molecule has 2 rings (SSSR count). The average Bonchev–Trinajstić information content (AvgIpc) is 2.48. The highest BCUT2D eigenvalue weighted by atomic mass is 16.6. The highest BCUT2D eigenvalue weighted by molar-refractivity contribution is 5.93. The highest BCUT2D eigenvalue weighted by Gasteiger charge is 2.31. The molecule has 106 valence electrons. The van der Waals surface area contributed by atoms with Gasteiger partial charge in [-0.3, -0.25) is 14.9 Å². The number of carbonyl (C=O) groups excluding carboxylic acids is 1. The Labute approximate surface area is 119 Å². The summed E-state index contributed by atoms with van der Waals surface area (Å²) in [6, 6.07) is 8.41. The molecule has 0 spiro atoms. The van der Waals surface area contributed by atoms with Crippen molar-refractivity contribution in [1.82, 2.24) is 4.98 Å². The molecule has 0 saturated carbocycles. The van der Waals surface area contributed by atoms with Crippen molar-refractivity contribution in [2.75, 3.05) is 6.61 Å². The first-order chi connectivity index (χ1) is 10.1. The molecule has 7 nitrogen and oxygen atoms in total. The zero-order chi connectivity index (χ0) is 15.4. The monoisotopic (exact) mass is 285 g/mol. The van der Waals surface area contributed by atoms with Crippen LogP contribution < -0.4 is 0 Å². The Balaban J connectivity index is 2.74. The van der Waals surface area contributed by atoms with Gasteiger partial charge in [-0.1, -0.05) is 18.2 Å². The van der Waals surface area contributed by atoms with Gasteiger partial charge in [0.1, 0.15) is 6.20 Å². The van der Waals surface area contributed by atoms with Crippen LogP contribution in [0.15, 0.2) is 30.5 Å². The number of aromatic nitrogens is 1. The molecule has 1 aromatic heterocycles. The van der Waals surface area contributed by atoms with Crippen LogP contribution in [0.2, 0.25) is 0 Å². The standard InChI is InChI=1S/C14H11N3O4/c1-2-21-14(18)10(7-15)13-9-5-3-4-6-11(9)16-8-12(13)17(19)20/h3-6,8,10H,2H2,1H3. The molecule has 0 fully saturated rings. The zero-order valence-electron chi connectivity index (χ0n) is 11.1. The lowest BCUT2D eigenvalue weighted by Crippen LogP contribution is -2.16. The van der Waals surface area contributed by atoms with Crippen molar-refractivity contribution < 1.29 is 14.5 Å². The fourth-order valence-electron chi connectivity index (χ4n) is 2.06. The number of hydrogen-bond acceptors (Lipinski definition) is 6. The van der Waals surface area contributed by atoms with Crippen LogP contribution in [0, 0.1) is 21.4 Å². The predicted octanol–water partition coefficient (Wildman–Crippen LogP) is 2.31. The van der Waals surface area contributed by atoms with Crippen LogP contribution in [0.5, 0.6) is 0 Å². The van der Waals surface area contributed by atoms with E-state index in [9.17, 15) is 20.2 Å². The summed E-state index contributed by atoms with van der Waals surface area (Å²) in [6.45, 7) is 1.69. The number of para-hydroxylation sites is 1. The summed E-state index contributed by atoms with van der Waals surface area (Å²) >= 11 is 0. The molecule has 0 saturated heterocycles. The number of esters is 1. The molecule has 0 aliphatic carbocycles. The maximum atomic E-state index is 11.9. The summed E-state index contributed by atoms with van der Waals surface area (Å²) in [7, 11) is 0. The number of fused-ring (bicyclic) bond motifs is 1. The third kappa shape index (κ3) is 2.65. The van der Waals surface area contributed by atoms with E-state index < -0.39 is 16.8 Å². The molecule has 0 aliphatic rings. The van der Waals surface area contributed by atoms with Crippen LogP contribution in [0.3, 0.4) is 0 Å². The van der Waals surface area contributed by atoms with E-state index in [1.807, 2.05) is 0 Å². The first kappa shape index (κ1) is 14.4. The van der Waals surface area contributed by atoms with E-state index >= 15 is 0 Å². The normalized spacial score (nSPS) is 11.6. The molecule has 0 radical (unpaired) electrons. The molecule has 7 heteroatoms. The van der Waals surface area contributed by atoms with Crippen molar-refractivity contribution in [2.45, 2.75) is 12.8 Å². The molecule has 0 bridgehead atoms. The number of nitriles is 1. The van der Waals surface area contributed by atoms with E-state index in [2.05, 4.69) is 4.98 Å². The van der Waals surface area contributed by atoms with E-state index in [-0.39, 0.29) is 17.9 Å². The van der Waals surface area contributed by atoms with Crippen molar-refractivity contribution >= 4 is 22.6 Å². The van der Waals surface area contributed by atoms with Gasteiger partial charge >= 0.3 is 5.97 Å². The van der Waals surface area contributed by atoms with Crippen molar-refractivity contribution in [3.05, 3.63) is 46.1 Å². The number of nitrogens with zero attached hydrogens (tertiary/aromatic N) is 3. The minimum absolute atomic E-state index is 0.0200. The first-order valence-electron chi connectivity index (χ1n) is 6.18. The van der Waals surface area contributed by atoms with Gasteiger partial charge in [-0.25, -0.2) is 4.98 Å². The fraction of sp³-hybridized carbons (Fsp3) is 0.214. The maximum Gasteiger partial charge on any atom is 0.328 e. The summed E-state index contributed by atoms with van der Waals surface area (Å²) in [4.78, 5) is 26.4. The number of hydrogen-bond donors (Lipinski definition) is 0. The van der Waals surface area contributed by atoms with Crippen LogP contribution in [-0.2, 0) is 9.53 Å². The number of pyridine rings is 1. The molecular formula is C14H11N3O4. The van der Waals surface area contributed by atoms with E-state index in [1.165, 1.54) is 0 Å². The Morgan fingerprint density at radius 1 is 1.52 bits per heavy atom. The third-order valence-electron chi connectivity index (χ3n) is 2.93. The lowest BCUT2D eigenvalue weighted by Gasteiger charge is -2.11. The Morgan fingerprint density at radius 3 is 2.86 bits per heavy atom. The molecule has 1 atom stereocenters. The Kier molecular flexibility index (Phi) is 4.09. The molecule has 2 aromatic rings. The van der Waals surface area contributed by atoms with Gasteiger partial charge in [0.2, 0.25) is 0 Å². The topological polar surface area (TPSA) is 106 Å². The predicted molar refractivity (Wildman–Crippen MR) is 73.4 cm³/mol. The van der Waals surface area contributed by atoms with Crippen LogP contribution in [-0.4, -0.2) is 22.5 Å². The minimum atomic E-state index is -1.36. The molecule has 21 heavy (non-hydrogen) atoms. The third-order valence-corrected chi connectivity index (χ3v) is 2.93. The lowest BCUT2D eigenvalue weighted by atomic mass is 9.95. The number of benzene rings is 1. The second kappa shape index (κ2) is 5.96. The largest absolute Gasteiger partial charge is 0.465 e. The van der Waals surface area contributed by atoms with Crippen molar-refractivity contribution in [2.24, 2.45) is 0 Å². The Morgan fingerprint density at radius 2 is 2.24 bits per heavy atom. The van der Waals surface area contributed by atoms with Gasteiger partial charge in [0.15, 0.2) is 5.92 Å². The van der Waals surface area contributed by atoms with Gasteiger partial charge in [0, 0.05) is 5.39 Å². The first-order valence-corrected chi connectivity index (χ1v) is 6.18. The molecule has 0 aliphatic heterocycles. The summed E-state index contributed by atoms with van der Waals surface area (Å²) in [5.41, 5.74) is 0.127. The number of ether oxygens (including phenoxy) is 1. The molecular weight excluding hydrogens is 274 g/mol. The SMILES string of the molecule is CCOC(=O)C(C#N)c1c([N+](=O)[O-])cnc2ccccc12. The summed E-state index contributed by atoms with van der Waals surface area (Å²) in [6.07, 6.45) is 1.06. The summed E-state index contributed by atoms with van der Waals surface area (Å²) < 4.78 is 4.83. The van der Waals surface area contributed by atoms with Gasteiger partial charge in [0.05, 0.1) is 28.7 Å². The van der Waals surface area contributed by atoms with E-state index in [4.69, 9.17) is 4.74 Å². The van der Waals surface area contributed by atoms with Crippen LogP contribution >= 0.6 is 0 Å². The van der Waals surface area contributed by atoms with Gasteiger partial charge in [0.25, 0.3) is 5.69 Å². The van der Waals surface area contributed by atoms with E-state index in [0.717, 1.165) is 6.20 Å². The molecule has 0 N–H and O–H groups in total. The minimum Gasteiger partial charge on any atom is -0.465 e. The quantitative estimate of drug-likeness (QED) is 0.484. The second-order valence-electron chi connectivity index (χ2n) is 4.15. The number of rotatable bonds is 4. The van der Waals surface area contributed by atoms with Gasteiger partial charge in [-0.2, -0.15) is 5.26 Å². The number of nitro groups is 1. The molecule has 1 aromatic carbocycles. The van der Waals surface area contributed by atoms with Crippen LogP contribution in [0.25, 0.3) is 10.9 Å². The van der Waals surface area contributed by atoms with Crippen LogP contribution in [0.4, 0.5) is 5.69 Å². The van der Waals surface area contributed by atoms with Gasteiger partial charge in [-0.05, 0) is 13.0 Å². The summed E-state index contributed by atoms with van der Waals surface area (Å²) in [5.74, 6) is -2.17. The van der Waals surface area contributed by atoms with Crippen LogP contribution in [0.1, 0.15) is 18.4 Å². The Hall–Kier alpha value is -3.01. The smallest absolute Gasteiger partial charge is 0.328 e. The Bertz CT molecular complexity index is 751. The molecule has 0 amide bonds. The summed E-state index contributed by atoms with van der Waals surface area (Å²) in [5, 5.41) is 20.8. The zero-order valence-corrected chi connectivity index (χ0v) is 11.1. The van der Waals surface area contributed by atoms with Crippen molar-refractivity contribution in [3.8, 4) is 6.07 Å².